The minimum absolute atomic E-state index is 0.246. The van der Waals surface area contributed by atoms with Gasteiger partial charge in [0.1, 0.15) is 0 Å². The maximum atomic E-state index is 12.1. The van der Waals surface area contributed by atoms with E-state index in [1.807, 2.05) is 12.1 Å². The monoisotopic (exact) mass is 469 g/mol. The quantitative estimate of drug-likeness (QED) is 0.568. The lowest BCUT2D eigenvalue weighted by atomic mass is 10.2. The summed E-state index contributed by atoms with van der Waals surface area (Å²) in [5.41, 5.74) is 0.970. The van der Waals surface area contributed by atoms with Crippen molar-refractivity contribution >= 4 is 73.3 Å². The molecule has 0 spiro atoms. The molecule has 2 nitrogen and oxygen atoms in total. The van der Waals surface area contributed by atoms with Gasteiger partial charge in [-0.25, -0.2) is 0 Å². The van der Waals surface area contributed by atoms with Crippen LogP contribution in [0.1, 0.15) is 10.4 Å². The summed E-state index contributed by atoms with van der Waals surface area (Å²) in [7, 11) is 0. The maximum Gasteiger partial charge on any atom is 0.255 e. The largest absolute Gasteiger partial charge is 0.319 e. The van der Waals surface area contributed by atoms with Crippen LogP contribution in [0.3, 0.4) is 0 Å². The fourth-order valence-corrected chi connectivity index (χ4v) is 3.32. The van der Waals surface area contributed by atoms with Gasteiger partial charge >= 0.3 is 0 Å². The minimum Gasteiger partial charge on any atom is -0.319 e. The highest BCUT2D eigenvalue weighted by atomic mass is 127. The van der Waals surface area contributed by atoms with Crippen LogP contribution >= 0.6 is 61.7 Å². The van der Waals surface area contributed by atoms with E-state index in [0.29, 0.717) is 21.3 Å². The lowest BCUT2D eigenvalue weighted by Gasteiger charge is -2.10. The van der Waals surface area contributed by atoms with Crippen molar-refractivity contribution in [1.82, 2.24) is 0 Å². The van der Waals surface area contributed by atoms with Gasteiger partial charge in [-0.05, 0) is 52.9 Å². The van der Waals surface area contributed by atoms with Gasteiger partial charge in [-0.3, -0.25) is 4.79 Å². The number of rotatable bonds is 2. The molecule has 0 saturated heterocycles. The van der Waals surface area contributed by atoms with Gasteiger partial charge in [0.25, 0.3) is 5.91 Å². The van der Waals surface area contributed by atoms with E-state index in [2.05, 4.69) is 43.8 Å². The molecule has 1 N–H and O–H groups in total. The third-order valence-corrected chi connectivity index (χ3v) is 4.06. The average Bonchev–Trinajstić information content (AvgIpc) is 2.33. The summed E-state index contributed by atoms with van der Waals surface area (Å²) in [6.45, 7) is 0. The van der Waals surface area contributed by atoms with Crippen LogP contribution in [0.15, 0.2) is 40.9 Å². The second-order valence-electron chi connectivity index (χ2n) is 3.71. The standard InChI is InChI=1S/C13H7BrCl2INO/c14-8-5-10(15)12(11(16)6-8)18-13(19)7-2-1-3-9(17)4-7/h1-6H,(H,18,19). The molecule has 0 unspecified atom stereocenters. The summed E-state index contributed by atoms with van der Waals surface area (Å²) >= 11 is 17.6. The lowest BCUT2D eigenvalue weighted by molar-refractivity contribution is 0.102. The third kappa shape index (κ3) is 3.84. The van der Waals surface area contributed by atoms with Crippen LogP contribution in [-0.2, 0) is 0 Å². The van der Waals surface area contributed by atoms with Crippen molar-refractivity contribution in [3.05, 3.63) is 60.0 Å². The zero-order valence-corrected chi connectivity index (χ0v) is 14.6. The zero-order valence-electron chi connectivity index (χ0n) is 9.38. The van der Waals surface area contributed by atoms with E-state index < -0.39 is 0 Å². The van der Waals surface area contributed by atoms with E-state index in [1.165, 1.54) is 0 Å². The number of benzene rings is 2. The van der Waals surface area contributed by atoms with Crippen LogP contribution in [0.25, 0.3) is 0 Å². The van der Waals surface area contributed by atoms with E-state index in [-0.39, 0.29) is 5.91 Å². The molecule has 6 heteroatoms. The number of carbonyl (C=O) groups is 1. The second-order valence-corrected chi connectivity index (χ2v) is 6.68. The average molecular weight is 471 g/mol. The summed E-state index contributed by atoms with van der Waals surface area (Å²) in [5.74, 6) is -0.246. The molecule has 0 aliphatic carbocycles. The molecule has 1 amide bonds. The van der Waals surface area contributed by atoms with Crippen LogP contribution < -0.4 is 5.32 Å². The fraction of sp³-hybridized carbons (Fsp3) is 0. The van der Waals surface area contributed by atoms with Crippen LogP contribution in [0.2, 0.25) is 10.0 Å². The molecule has 0 saturated carbocycles. The number of amides is 1. The van der Waals surface area contributed by atoms with E-state index in [0.717, 1.165) is 8.04 Å². The Balaban J connectivity index is 2.29. The van der Waals surface area contributed by atoms with Crippen LogP contribution in [0.5, 0.6) is 0 Å². The molecular weight excluding hydrogens is 464 g/mol. The topological polar surface area (TPSA) is 29.1 Å². The van der Waals surface area contributed by atoms with E-state index in [9.17, 15) is 4.79 Å². The Kier molecular flexibility index (Phi) is 5.11. The van der Waals surface area contributed by atoms with Crippen molar-refractivity contribution in [1.29, 1.82) is 0 Å². The Morgan fingerprint density at radius 3 is 2.37 bits per heavy atom. The van der Waals surface area contributed by atoms with Crippen LogP contribution in [-0.4, -0.2) is 5.91 Å². The Hall–Kier alpha value is -0.300. The smallest absolute Gasteiger partial charge is 0.255 e. The summed E-state index contributed by atoms with van der Waals surface area (Å²) < 4.78 is 1.74. The number of hydrogen-bond donors (Lipinski definition) is 1. The van der Waals surface area contributed by atoms with E-state index in [4.69, 9.17) is 23.2 Å². The number of hydrogen-bond acceptors (Lipinski definition) is 1. The Labute approximate surface area is 142 Å². The van der Waals surface area contributed by atoms with Crippen molar-refractivity contribution in [2.75, 3.05) is 5.32 Å². The van der Waals surface area contributed by atoms with Gasteiger partial charge in [0.15, 0.2) is 0 Å². The van der Waals surface area contributed by atoms with Crippen molar-refractivity contribution in [2.24, 2.45) is 0 Å². The number of nitrogens with one attached hydrogen (secondary N) is 1. The molecule has 98 valence electrons. The Morgan fingerprint density at radius 1 is 1.16 bits per heavy atom. The molecule has 19 heavy (non-hydrogen) atoms. The molecule has 2 aromatic rings. The molecule has 0 heterocycles. The normalized spacial score (nSPS) is 10.3. The first-order valence-electron chi connectivity index (χ1n) is 5.19. The summed E-state index contributed by atoms with van der Waals surface area (Å²) in [5, 5.41) is 3.50. The highest BCUT2D eigenvalue weighted by molar-refractivity contribution is 14.1. The van der Waals surface area contributed by atoms with Gasteiger partial charge in [0.05, 0.1) is 15.7 Å². The van der Waals surface area contributed by atoms with Crippen molar-refractivity contribution in [3.8, 4) is 0 Å². The molecule has 0 aromatic heterocycles. The van der Waals surface area contributed by atoms with Gasteiger partial charge in [0.2, 0.25) is 0 Å². The van der Waals surface area contributed by atoms with Gasteiger partial charge in [-0.15, -0.1) is 0 Å². The highest BCUT2D eigenvalue weighted by Gasteiger charge is 2.12. The molecule has 0 aliphatic rings. The van der Waals surface area contributed by atoms with Crippen LogP contribution in [0.4, 0.5) is 5.69 Å². The van der Waals surface area contributed by atoms with Gasteiger partial charge in [0, 0.05) is 13.6 Å². The molecule has 0 fully saturated rings. The number of halogens is 4. The predicted octanol–water partition coefficient (Wildman–Crippen LogP) is 5.61. The second kappa shape index (κ2) is 6.43. The number of carbonyl (C=O) groups excluding carboxylic acids is 1. The molecular formula is C13H7BrCl2INO. The SMILES string of the molecule is O=C(Nc1c(Cl)cc(Br)cc1Cl)c1cccc(I)c1. The molecule has 0 radical (unpaired) electrons. The van der Waals surface area contributed by atoms with Crippen molar-refractivity contribution in [3.63, 3.8) is 0 Å². The first-order valence-corrected chi connectivity index (χ1v) is 7.81. The first kappa shape index (κ1) is 15.1. The highest BCUT2D eigenvalue weighted by Crippen LogP contribution is 2.34. The van der Waals surface area contributed by atoms with Crippen molar-refractivity contribution in [2.45, 2.75) is 0 Å². The Bertz CT molecular complexity index is 625. The number of anilines is 1. The first-order chi connectivity index (χ1) is 8.97. The van der Waals surface area contributed by atoms with Gasteiger partial charge in [-0.1, -0.05) is 45.2 Å². The summed E-state index contributed by atoms with van der Waals surface area (Å²) in [4.78, 5) is 12.1. The molecule has 2 aromatic carbocycles. The summed E-state index contributed by atoms with van der Waals surface area (Å²) in [6, 6.07) is 10.6. The van der Waals surface area contributed by atoms with Crippen LogP contribution in [0, 0.1) is 3.57 Å². The Morgan fingerprint density at radius 2 is 1.79 bits per heavy atom. The fourth-order valence-electron chi connectivity index (χ4n) is 1.48. The van der Waals surface area contributed by atoms with E-state index >= 15 is 0 Å². The van der Waals surface area contributed by atoms with Gasteiger partial charge < -0.3 is 5.32 Å². The molecule has 2 rings (SSSR count). The lowest BCUT2D eigenvalue weighted by Crippen LogP contribution is -2.12. The molecule has 0 aliphatic heterocycles. The minimum atomic E-state index is -0.246. The third-order valence-electron chi connectivity index (χ3n) is 2.33. The van der Waals surface area contributed by atoms with Gasteiger partial charge in [-0.2, -0.15) is 0 Å². The summed E-state index contributed by atoms with van der Waals surface area (Å²) in [6.07, 6.45) is 0. The van der Waals surface area contributed by atoms with Crippen molar-refractivity contribution < 1.29 is 4.79 Å². The predicted molar refractivity (Wildman–Crippen MR) is 91.3 cm³/mol. The zero-order chi connectivity index (χ0) is 14.0. The molecule has 0 bridgehead atoms. The molecule has 0 atom stereocenters. The maximum absolute atomic E-state index is 12.1. The van der Waals surface area contributed by atoms with E-state index in [1.54, 1.807) is 24.3 Å².